The first-order chi connectivity index (χ1) is 27.8. The van der Waals surface area contributed by atoms with Gasteiger partial charge >= 0.3 is 0 Å². The second-order valence-electron chi connectivity index (χ2n) is 15.0. The Hall–Kier alpha value is -7.29. The van der Waals surface area contributed by atoms with Crippen molar-refractivity contribution < 1.29 is 4.42 Å². The quantitative estimate of drug-likeness (QED) is 0.170. The SMILES string of the molecule is c1ccc(C2(c3ccccc3)c3cc(-c4ccc5c6ccccc6c6ccccc6c5n4)ccc3-c3ccc(-c4cccc5c4oc4ccccc45)cc32)cc1. The van der Waals surface area contributed by atoms with Crippen LogP contribution in [0, 0.1) is 0 Å². The van der Waals surface area contributed by atoms with Crippen LogP contribution >= 0.6 is 0 Å². The molecule has 0 unspecified atom stereocenters. The van der Waals surface area contributed by atoms with Crippen LogP contribution in [0.4, 0.5) is 0 Å². The molecule has 260 valence electrons. The summed E-state index contributed by atoms with van der Waals surface area (Å²) in [6.45, 7) is 0. The topological polar surface area (TPSA) is 26.0 Å². The molecule has 2 aromatic heterocycles. The zero-order valence-corrected chi connectivity index (χ0v) is 30.4. The molecule has 0 spiro atoms. The Labute approximate surface area is 323 Å². The molecule has 1 aliphatic rings. The summed E-state index contributed by atoms with van der Waals surface area (Å²) in [4.78, 5) is 5.48. The van der Waals surface area contributed by atoms with Gasteiger partial charge in [-0.1, -0.05) is 170 Å². The third kappa shape index (κ3) is 4.30. The van der Waals surface area contributed by atoms with E-state index in [9.17, 15) is 0 Å². The number of hydrogen-bond donors (Lipinski definition) is 0. The average Bonchev–Trinajstić information content (AvgIpc) is 3.80. The third-order valence-electron chi connectivity index (χ3n) is 12.1. The molecular formula is C54H33NO. The summed E-state index contributed by atoms with van der Waals surface area (Å²) < 4.78 is 6.58. The highest BCUT2D eigenvalue weighted by Gasteiger charge is 2.46. The van der Waals surface area contributed by atoms with Gasteiger partial charge in [0.2, 0.25) is 0 Å². The van der Waals surface area contributed by atoms with Gasteiger partial charge in [-0.3, -0.25) is 0 Å². The van der Waals surface area contributed by atoms with Crippen LogP contribution in [-0.4, -0.2) is 4.98 Å². The van der Waals surface area contributed by atoms with Gasteiger partial charge in [-0.2, -0.15) is 0 Å². The van der Waals surface area contributed by atoms with Crippen molar-refractivity contribution >= 4 is 54.4 Å². The first-order valence-corrected chi connectivity index (χ1v) is 19.3. The maximum atomic E-state index is 6.58. The first-order valence-electron chi connectivity index (χ1n) is 19.3. The van der Waals surface area contributed by atoms with Crippen LogP contribution in [-0.2, 0) is 5.41 Å². The molecule has 2 heterocycles. The largest absolute Gasteiger partial charge is 0.455 e. The molecule has 0 radical (unpaired) electrons. The summed E-state index contributed by atoms with van der Waals surface area (Å²) in [5.74, 6) is 0. The monoisotopic (exact) mass is 711 g/mol. The maximum Gasteiger partial charge on any atom is 0.143 e. The molecule has 0 atom stereocenters. The predicted octanol–water partition coefficient (Wildman–Crippen LogP) is 14.1. The number of para-hydroxylation sites is 2. The van der Waals surface area contributed by atoms with E-state index >= 15 is 0 Å². The fourth-order valence-corrected chi connectivity index (χ4v) is 9.71. The van der Waals surface area contributed by atoms with Crippen LogP contribution in [0.15, 0.2) is 205 Å². The Kier molecular flexibility index (Phi) is 6.58. The lowest BCUT2D eigenvalue weighted by molar-refractivity contribution is 0.670. The summed E-state index contributed by atoms with van der Waals surface area (Å²) in [6.07, 6.45) is 0. The van der Waals surface area contributed by atoms with Crippen LogP contribution < -0.4 is 0 Å². The van der Waals surface area contributed by atoms with Crippen molar-refractivity contribution in [1.29, 1.82) is 0 Å². The highest BCUT2D eigenvalue weighted by atomic mass is 16.3. The van der Waals surface area contributed by atoms with Gasteiger partial charge in [0, 0.05) is 32.7 Å². The fraction of sp³-hybridized carbons (Fsp3) is 0.0185. The molecule has 0 bridgehead atoms. The molecule has 2 heteroatoms. The highest BCUT2D eigenvalue weighted by molar-refractivity contribution is 6.24. The first kappa shape index (κ1) is 31.1. The molecule has 0 saturated carbocycles. The van der Waals surface area contributed by atoms with Crippen molar-refractivity contribution in [2.24, 2.45) is 0 Å². The zero-order chi connectivity index (χ0) is 36.8. The molecule has 0 N–H and O–H groups in total. The highest BCUT2D eigenvalue weighted by Crippen LogP contribution is 2.57. The zero-order valence-electron chi connectivity index (χ0n) is 30.4. The summed E-state index contributed by atoms with van der Waals surface area (Å²) in [6, 6.07) is 72.7. The lowest BCUT2D eigenvalue weighted by Crippen LogP contribution is -2.28. The summed E-state index contributed by atoms with van der Waals surface area (Å²) in [5.41, 5.74) is 14.0. The van der Waals surface area contributed by atoms with Gasteiger partial charge in [-0.05, 0) is 85.4 Å². The predicted molar refractivity (Wildman–Crippen MR) is 232 cm³/mol. The van der Waals surface area contributed by atoms with Crippen LogP contribution in [0.25, 0.3) is 87.9 Å². The minimum absolute atomic E-state index is 0.583. The van der Waals surface area contributed by atoms with E-state index in [1.807, 2.05) is 6.07 Å². The minimum atomic E-state index is -0.583. The van der Waals surface area contributed by atoms with Gasteiger partial charge < -0.3 is 4.42 Å². The summed E-state index contributed by atoms with van der Waals surface area (Å²) in [5, 5.41) is 8.33. The van der Waals surface area contributed by atoms with E-state index in [4.69, 9.17) is 9.40 Å². The van der Waals surface area contributed by atoms with Gasteiger partial charge in [0.1, 0.15) is 11.2 Å². The Bertz CT molecular complexity index is 3280. The number of furan rings is 1. The number of benzene rings is 9. The maximum absolute atomic E-state index is 6.58. The molecule has 0 aliphatic heterocycles. The van der Waals surface area contributed by atoms with Crippen molar-refractivity contribution in [2.75, 3.05) is 0 Å². The van der Waals surface area contributed by atoms with Crippen LogP contribution in [0.1, 0.15) is 22.3 Å². The molecule has 0 fully saturated rings. The number of rotatable bonds is 4. The number of aromatic nitrogens is 1. The van der Waals surface area contributed by atoms with Gasteiger partial charge in [0.25, 0.3) is 0 Å². The third-order valence-corrected chi connectivity index (χ3v) is 12.1. The van der Waals surface area contributed by atoms with Crippen molar-refractivity contribution in [3.63, 3.8) is 0 Å². The molecule has 0 saturated heterocycles. The Morgan fingerprint density at radius 2 is 0.875 bits per heavy atom. The lowest BCUT2D eigenvalue weighted by Gasteiger charge is -2.34. The van der Waals surface area contributed by atoms with Crippen molar-refractivity contribution in [3.8, 4) is 33.5 Å². The molecule has 0 amide bonds. The lowest BCUT2D eigenvalue weighted by atomic mass is 9.67. The molecule has 56 heavy (non-hydrogen) atoms. The van der Waals surface area contributed by atoms with Gasteiger partial charge in [-0.15, -0.1) is 0 Å². The smallest absolute Gasteiger partial charge is 0.143 e. The number of hydrogen-bond acceptors (Lipinski definition) is 2. The normalized spacial score (nSPS) is 13.1. The number of pyridine rings is 1. The van der Waals surface area contributed by atoms with Gasteiger partial charge in [-0.25, -0.2) is 4.98 Å². The second kappa shape index (κ2) is 11.9. The molecule has 9 aromatic carbocycles. The molecular weight excluding hydrogens is 679 g/mol. The molecule has 11 aromatic rings. The van der Waals surface area contributed by atoms with Crippen molar-refractivity contribution in [1.82, 2.24) is 4.98 Å². The van der Waals surface area contributed by atoms with E-state index in [0.717, 1.165) is 49.8 Å². The fourth-order valence-electron chi connectivity index (χ4n) is 9.71. The van der Waals surface area contributed by atoms with E-state index in [1.54, 1.807) is 0 Å². The average molecular weight is 712 g/mol. The Morgan fingerprint density at radius 1 is 0.357 bits per heavy atom. The molecule has 2 nitrogen and oxygen atoms in total. The van der Waals surface area contributed by atoms with Crippen LogP contribution in [0.3, 0.4) is 0 Å². The molecule has 1 aliphatic carbocycles. The van der Waals surface area contributed by atoms with Crippen LogP contribution in [0.2, 0.25) is 0 Å². The minimum Gasteiger partial charge on any atom is -0.455 e. The summed E-state index contributed by atoms with van der Waals surface area (Å²) >= 11 is 0. The number of fused-ring (bicyclic) bond motifs is 12. The summed E-state index contributed by atoms with van der Waals surface area (Å²) in [7, 11) is 0. The standard InChI is InChI=1S/C54H33NO/c1-3-14-36(15-4-1)54(37-16-5-2-6-17-37)48-32-34(38-23-13-24-47-44-21-11-12-25-51(44)56-53(38)47)26-28-42(48)43-29-27-35(33-49(43)54)50-31-30-46-41-20-8-7-18-39(41)40-19-9-10-22-45(40)52(46)55-50/h1-33H. The van der Waals surface area contributed by atoms with Gasteiger partial charge in [0.15, 0.2) is 0 Å². The Balaban J connectivity index is 1.12. The second-order valence-corrected chi connectivity index (χ2v) is 15.0. The van der Waals surface area contributed by atoms with Crippen molar-refractivity contribution in [2.45, 2.75) is 5.41 Å². The van der Waals surface area contributed by atoms with E-state index in [2.05, 4.69) is 194 Å². The van der Waals surface area contributed by atoms with E-state index in [0.29, 0.717) is 0 Å². The number of nitrogens with zero attached hydrogens (tertiary/aromatic N) is 1. The Morgan fingerprint density at radius 3 is 1.55 bits per heavy atom. The molecule has 12 rings (SSSR count). The van der Waals surface area contributed by atoms with E-state index in [1.165, 1.54) is 60.3 Å². The van der Waals surface area contributed by atoms with Crippen molar-refractivity contribution in [3.05, 3.63) is 222 Å². The van der Waals surface area contributed by atoms with E-state index in [-0.39, 0.29) is 0 Å². The van der Waals surface area contributed by atoms with Crippen LogP contribution in [0.5, 0.6) is 0 Å². The van der Waals surface area contributed by atoms with Gasteiger partial charge in [0.05, 0.1) is 16.6 Å². The van der Waals surface area contributed by atoms with E-state index < -0.39 is 5.41 Å².